The summed E-state index contributed by atoms with van der Waals surface area (Å²) in [6.45, 7) is 1.35. The molecule has 17 heavy (non-hydrogen) atoms. The van der Waals surface area contributed by atoms with Crippen molar-refractivity contribution >= 4 is 27.4 Å². The fourth-order valence-electron chi connectivity index (χ4n) is 1.06. The van der Waals surface area contributed by atoms with Crippen molar-refractivity contribution in [3.05, 3.63) is 23.2 Å². The van der Waals surface area contributed by atoms with Crippen LogP contribution in [-0.2, 0) is 10.1 Å². The number of hydrogen-bond donors (Lipinski definition) is 2. The first-order chi connectivity index (χ1) is 7.32. The van der Waals surface area contributed by atoms with Crippen molar-refractivity contribution in [2.75, 3.05) is 11.5 Å². The van der Waals surface area contributed by atoms with E-state index < -0.39 is 22.0 Å². The summed E-state index contributed by atoms with van der Waals surface area (Å²) in [7, 11) is -3.86. The molecule has 1 aromatic rings. The number of para-hydroxylation sites is 1. The Bertz CT molecular complexity index is 483. The van der Waals surface area contributed by atoms with Gasteiger partial charge in [0.25, 0.3) is 0 Å². The summed E-state index contributed by atoms with van der Waals surface area (Å²) in [5.41, 5.74) is 5.59. The largest absolute Gasteiger partial charge is 1.00 e. The first-order valence-corrected chi connectivity index (χ1v) is 6.41. The van der Waals surface area contributed by atoms with E-state index in [2.05, 4.69) is 0 Å². The van der Waals surface area contributed by atoms with Crippen molar-refractivity contribution in [2.24, 2.45) is 0 Å². The maximum absolute atomic E-state index is 11.4. The SMILES string of the molecule is CC(O)CS(=O)(=O)Oc1cccc(Cl)c1N.[H-].[Na+]. The van der Waals surface area contributed by atoms with Gasteiger partial charge in [-0.3, -0.25) is 0 Å². The van der Waals surface area contributed by atoms with E-state index >= 15 is 0 Å². The maximum atomic E-state index is 11.4. The van der Waals surface area contributed by atoms with Gasteiger partial charge >= 0.3 is 39.7 Å². The Labute approximate surface area is 129 Å². The average Bonchev–Trinajstić information content (AvgIpc) is 2.10. The van der Waals surface area contributed by atoms with Gasteiger partial charge in [-0.15, -0.1) is 0 Å². The fourth-order valence-corrected chi connectivity index (χ4v) is 2.30. The average molecular weight is 290 g/mol. The topological polar surface area (TPSA) is 89.6 Å². The van der Waals surface area contributed by atoms with Gasteiger partial charge in [-0.1, -0.05) is 17.7 Å². The molecule has 1 unspecified atom stereocenters. The predicted molar refractivity (Wildman–Crippen MR) is 63.1 cm³/mol. The minimum Gasteiger partial charge on any atom is -1.00 e. The van der Waals surface area contributed by atoms with Crippen molar-refractivity contribution in [3.8, 4) is 5.75 Å². The van der Waals surface area contributed by atoms with Gasteiger partial charge < -0.3 is 16.4 Å². The van der Waals surface area contributed by atoms with E-state index in [4.69, 9.17) is 26.6 Å². The maximum Gasteiger partial charge on any atom is 1.00 e. The molecule has 0 aliphatic rings. The van der Waals surface area contributed by atoms with E-state index in [1.807, 2.05) is 0 Å². The zero-order valence-electron chi connectivity index (χ0n) is 10.6. The van der Waals surface area contributed by atoms with Crippen LogP contribution in [0, 0.1) is 0 Å². The number of hydrogen-bond acceptors (Lipinski definition) is 5. The molecule has 3 N–H and O–H groups in total. The molecular formula is C9H13ClNNaO4S. The Morgan fingerprint density at radius 3 is 2.71 bits per heavy atom. The Kier molecular flexibility index (Phi) is 6.83. The van der Waals surface area contributed by atoms with Gasteiger partial charge in [-0.2, -0.15) is 8.42 Å². The molecule has 0 aliphatic carbocycles. The molecule has 0 radical (unpaired) electrons. The zero-order chi connectivity index (χ0) is 12.3. The molecule has 1 aromatic carbocycles. The molecule has 8 heteroatoms. The van der Waals surface area contributed by atoms with E-state index in [1.165, 1.54) is 25.1 Å². The van der Waals surface area contributed by atoms with E-state index in [0.29, 0.717) is 0 Å². The summed E-state index contributed by atoms with van der Waals surface area (Å²) in [6.07, 6.45) is -1.01. The van der Waals surface area contributed by atoms with E-state index in [0.717, 1.165) is 0 Å². The molecule has 0 aliphatic heterocycles. The molecule has 1 rings (SSSR count). The van der Waals surface area contributed by atoms with Gasteiger partial charge in [-0.25, -0.2) is 0 Å². The number of halogens is 1. The molecule has 0 bridgehead atoms. The van der Waals surface area contributed by atoms with Crippen LogP contribution in [0.1, 0.15) is 8.35 Å². The van der Waals surface area contributed by atoms with Gasteiger partial charge in [0, 0.05) is 0 Å². The Morgan fingerprint density at radius 2 is 2.18 bits per heavy atom. The van der Waals surface area contributed by atoms with Crippen LogP contribution in [-0.4, -0.2) is 25.4 Å². The summed E-state index contributed by atoms with van der Waals surface area (Å²) in [5, 5.41) is 9.19. The van der Waals surface area contributed by atoms with Crippen LogP contribution < -0.4 is 39.5 Å². The number of rotatable bonds is 4. The molecule has 1 atom stereocenters. The quantitative estimate of drug-likeness (QED) is 0.385. The normalized spacial score (nSPS) is 12.6. The third-order valence-electron chi connectivity index (χ3n) is 1.67. The second kappa shape index (κ2) is 6.82. The molecule has 0 fully saturated rings. The second-order valence-electron chi connectivity index (χ2n) is 3.31. The number of anilines is 1. The first kappa shape index (κ1) is 17.0. The van der Waals surface area contributed by atoms with Crippen molar-refractivity contribution < 1.29 is 48.7 Å². The number of benzene rings is 1. The van der Waals surface area contributed by atoms with Crippen molar-refractivity contribution in [2.45, 2.75) is 13.0 Å². The smallest absolute Gasteiger partial charge is 1.00 e. The summed E-state index contributed by atoms with van der Waals surface area (Å²) < 4.78 is 27.5. The van der Waals surface area contributed by atoms with Crippen molar-refractivity contribution in [3.63, 3.8) is 0 Å². The predicted octanol–water partition coefficient (Wildman–Crippen LogP) is -1.87. The standard InChI is InChI=1S/C9H12ClNO4S.Na.H/c1-6(12)5-16(13,14)15-8-4-2-3-7(10)9(8)11;;/h2-4,6,12H,5,11H2,1H3;;/q;+1;-1. The van der Waals surface area contributed by atoms with Crippen molar-refractivity contribution in [1.82, 2.24) is 0 Å². The number of nitrogen functional groups attached to an aromatic ring is 1. The van der Waals surface area contributed by atoms with Crippen molar-refractivity contribution in [1.29, 1.82) is 0 Å². The van der Waals surface area contributed by atoms with Crippen LogP contribution >= 0.6 is 11.6 Å². The fraction of sp³-hybridized carbons (Fsp3) is 0.333. The molecule has 0 amide bonds. The number of nitrogens with two attached hydrogens (primary N) is 1. The van der Waals surface area contributed by atoms with Crippen LogP contribution in [0.4, 0.5) is 5.69 Å². The van der Waals surface area contributed by atoms with E-state index in [9.17, 15) is 8.42 Å². The van der Waals surface area contributed by atoms with Crippen LogP contribution in [0.5, 0.6) is 5.75 Å². The summed E-state index contributed by atoms with van der Waals surface area (Å²) in [4.78, 5) is 0. The first-order valence-electron chi connectivity index (χ1n) is 4.46. The van der Waals surface area contributed by atoms with Crippen LogP contribution in [0.3, 0.4) is 0 Å². The van der Waals surface area contributed by atoms with Gasteiger partial charge in [0.2, 0.25) is 0 Å². The third-order valence-corrected chi connectivity index (χ3v) is 3.33. The van der Waals surface area contributed by atoms with Gasteiger partial charge in [-0.05, 0) is 19.1 Å². The Balaban J connectivity index is 0. The van der Waals surface area contributed by atoms with Crippen LogP contribution in [0.15, 0.2) is 18.2 Å². The molecule has 0 saturated carbocycles. The molecule has 0 saturated heterocycles. The van der Waals surface area contributed by atoms with Crippen LogP contribution in [0.25, 0.3) is 0 Å². The molecule has 0 spiro atoms. The molecular weight excluding hydrogens is 277 g/mol. The Hall–Kier alpha value is 0.0200. The minimum atomic E-state index is -3.86. The van der Waals surface area contributed by atoms with E-state index in [-0.39, 0.29) is 47.4 Å². The van der Waals surface area contributed by atoms with Crippen LogP contribution in [0.2, 0.25) is 5.02 Å². The molecule has 0 aromatic heterocycles. The summed E-state index contributed by atoms with van der Waals surface area (Å²) in [6, 6.07) is 4.43. The summed E-state index contributed by atoms with van der Waals surface area (Å²) >= 11 is 5.70. The number of aliphatic hydroxyl groups excluding tert-OH is 1. The van der Waals surface area contributed by atoms with Gasteiger partial charge in [0.1, 0.15) is 5.75 Å². The molecule has 92 valence electrons. The van der Waals surface area contributed by atoms with E-state index in [1.54, 1.807) is 0 Å². The monoisotopic (exact) mass is 289 g/mol. The summed E-state index contributed by atoms with van der Waals surface area (Å²) in [5.74, 6) is -0.535. The van der Waals surface area contributed by atoms with Gasteiger partial charge in [0.05, 0.1) is 16.8 Å². The molecule has 5 nitrogen and oxygen atoms in total. The number of aliphatic hydroxyl groups is 1. The van der Waals surface area contributed by atoms with Gasteiger partial charge in [0.15, 0.2) is 5.75 Å². The second-order valence-corrected chi connectivity index (χ2v) is 5.33. The Morgan fingerprint density at radius 1 is 1.59 bits per heavy atom. The minimum absolute atomic E-state index is 0. The zero-order valence-corrected chi connectivity index (χ0v) is 13.1. The molecule has 0 heterocycles. The third kappa shape index (κ3) is 5.46.